The van der Waals surface area contributed by atoms with Crippen LogP contribution in [0.5, 0.6) is 0 Å². The van der Waals surface area contributed by atoms with Crippen LogP contribution in [-0.2, 0) is 13.0 Å². The largest absolute Gasteiger partial charge is 0.333 e. The molecule has 34 heavy (non-hydrogen) atoms. The predicted molar refractivity (Wildman–Crippen MR) is 131 cm³/mol. The number of para-hydroxylation sites is 1. The lowest BCUT2D eigenvalue weighted by molar-refractivity contribution is 0.691. The van der Waals surface area contributed by atoms with E-state index in [1.807, 2.05) is 60.2 Å². The summed E-state index contributed by atoms with van der Waals surface area (Å²) in [5, 5.41) is 14.2. The summed E-state index contributed by atoms with van der Waals surface area (Å²) in [6, 6.07) is 18.0. The highest BCUT2D eigenvalue weighted by Gasteiger charge is 2.15. The van der Waals surface area contributed by atoms with Gasteiger partial charge in [-0.25, -0.2) is 9.89 Å². The maximum Gasteiger partial charge on any atom is 0.333 e. The summed E-state index contributed by atoms with van der Waals surface area (Å²) < 4.78 is 3.64. The minimum atomic E-state index is -0.0193. The monoisotopic (exact) mass is 451 g/mol. The Balaban J connectivity index is 1.48. The third-order valence-corrected chi connectivity index (χ3v) is 5.97. The van der Waals surface area contributed by atoms with Gasteiger partial charge < -0.3 is 0 Å². The number of hydrogen-bond acceptors (Lipinski definition) is 5. The van der Waals surface area contributed by atoms with Crippen molar-refractivity contribution in [1.82, 2.24) is 34.7 Å². The number of rotatable bonds is 7. The zero-order valence-corrected chi connectivity index (χ0v) is 19.1. The summed E-state index contributed by atoms with van der Waals surface area (Å²) in [5.74, 6) is 0.592. The van der Waals surface area contributed by atoms with Crippen LogP contribution in [0.25, 0.3) is 28.2 Å². The fraction of sp³-hybridized carbons (Fsp3) is 0.192. The number of imidazole rings is 1. The number of benzene rings is 2. The van der Waals surface area contributed by atoms with Crippen LogP contribution in [0.2, 0.25) is 0 Å². The molecule has 0 amide bonds. The van der Waals surface area contributed by atoms with Crippen LogP contribution in [0.15, 0.2) is 78.0 Å². The first-order valence-electron chi connectivity index (χ1n) is 11.3. The van der Waals surface area contributed by atoms with E-state index in [1.165, 1.54) is 0 Å². The Bertz CT molecular complexity index is 1460. The highest BCUT2D eigenvalue weighted by Crippen LogP contribution is 2.29. The Labute approximate surface area is 196 Å². The summed E-state index contributed by atoms with van der Waals surface area (Å²) in [6.07, 6.45) is 7.32. The second-order valence-electron chi connectivity index (χ2n) is 8.26. The predicted octanol–water partition coefficient (Wildman–Crippen LogP) is 4.19. The quantitative estimate of drug-likeness (QED) is 0.400. The van der Waals surface area contributed by atoms with Gasteiger partial charge in [-0.05, 0) is 52.6 Å². The molecule has 8 heteroatoms. The maximum absolute atomic E-state index is 13.4. The Morgan fingerprint density at radius 3 is 2.56 bits per heavy atom. The van der Waals surface area contributed by atoms with Crippen LogP contribution in [0.4, 0.5) is 0 Å². The summed E-state index contributed by atoms with van der Waals surface area (Å²) in [7, 11) is 0. The molecule has 0 fully saturated rings. The molecule has 1 N–H and O–H groups in total. The number of pyridine rings is 1. The lowest BCUT2D eigenvalue weighted by Crippen LogP contribution is -2.25. The molecule has 0 aliphatic rings. The highest BCUT2D eigenvalue weighted by molar-refractivity contribution is 5.79. The highest BCUT2D eigenvalue weighted by atomic mass is 16.1. The molecule has 0 aliphatic heterocycles. The van der Waals surface area contributed by atoms with Crippen LogP contribution in [0, 0.1) is 6.92 Å². The average Bonchev–Trinajstić information content (AvgIpc) is 3.50. The first-order valence-corrected chi connectivity index (χ1v) is 11.3. The average molecular weight is 452 g/mol. The number of tetrazole rings is 1. The molecule has 0 aliphatic carbocycles. The van der Waals surface area contributed by atoms with Crippen molar-refractivity contribution in [2.45, 2.75) is 33.2 Å². The molecule has 0 unspecified atom stereocenters. The molecule has 8 nitrogen and oxygen atoms in total. The minimum Gasteiger partial charge on any atom is -0.292 e. The van der Waals surface area contributed by atoms with E-state index < -0.39 is 0 Å². The van der Waals surface area contributed by atoms with E-state index >= 15 is 0 Å². The Kier molecular flexibility index (Phi) is 5.86. The van der Waals surface area contributed by atoms with Crippen molar-refractivity contribution in [3.8, 4) is 28.2 Å². The van der Waals surface area contributed by atoms with Crippen LogP contribution in [0.1, 0.15) is 30.2 Å². The van der Waals surface area contributed by atoms with E-state index in [0.717, 1.165) is 52.0 Å². The van der Waals surface area contributed by atoms with E-state index in [4.69, 9.17) is 0 Å². The van der Waals surface area contributed by atoms with Crippen molar-refractivity contribution in [2.24, 2.45) is 0 Å². The molecule has 3 heterocycles. The van der Waals surface area contributed by atoms with E-state index in [0.29, 0.717) is 12.4 Å². The first kappa shape index (κ1) is 21.5. The summed E-state index contributed by atoms with van der Waals surface area (Å²) >= 11 is 0. The van der Waals surface area contributed by atoms with Crippen molar-refractivity contribution >= 4 is 0 Å². The van der Waals surface area contributed by atoms with Crippen LogP contribution in [-0.4, -0.2) is 34.7 Å². The van der Waals surface area contributed by atoms with Crippen molar-refractivity contribution in [3.05, 3.63) is 100 Å². The topological polar surface area (TPSA) is 94.3 Å². The molecule has 0 radical (unpaired) electrons. The van der Waals surface area contributed by atoms with Gasteiger partial charge >= 0.3 is 5.69 Å². The van der Waals surface area contributed by atoms with Gasteiger partial charge in [0.25, 0.3) is 0 Å². The molecule has 2 aromatic carbocycles. The Morgan fingerprint density at radius 2 is 1.82 bits per heavy atom. The number of aryl methyl sites for hydroxylation is 2. The maximum atomic E-state index is 13.4. The van der Waals surface area contributed by atoms with Crippen molar-refractivity contribution in [1.29, 1.82) is 0 Å². The van der Waals surface area contributed by atoms with Gasteiger partial charge in [-0.2, -0.15) is 0 Å². The zero-order valence-electron chi connectivity index (χ0n) is 19.1. The Morgan fingerprint density at radius 1 is 1.00 bits per heavy atom. The molecule has 170 valence electrons. The molecule has 5 rings (SSSR count). The van der Waals surface area contributed by atoms with Crippen molar-refractivity contribution in [3.63, 3.8) is 0 Å². The SMILES string of the molecule is CCCc1cn(-c2ccccc2C)c(=O)n1Cc1ccc(-c2cnccc2-c2nnn[nH]2)cc1. The fourth-order valence-electron chi connectivity index (χ4n) is 4.23. The lowest BCUT2D eigenvalue weighted by atomic mass is 10.0. The van der Waals surface area contributed by atoms with Gasteiger partial charge in [0.1, 0.15) is 0 Å². The molecule has 0 bridgehead atoms. The fourth-order valence-corrected chi connectivity index (χ4v) is 4.23. The second kappa shape index (κ2) is 9.27. The van der Waals surface area contributed by atoms with Gasteiger partial charge in [0, 0.05) is 35.4 Å². The molecule has 3 aromatic heterocycles. The van der Waals surface area contributed by atoms with Gasteiger partial charge in [-0.3, -0.25) is 14.1 Å². The third-order valence-electron chi connectivity index (χ3n) is 5.97. The first-order chi connectivity index (χ1) is 16.7. The molecule has 0 saturated carbocycles. The van der Waals surface area contributed by atoms with Gasteiger partial charge in [-0.15, -0.1) is 5.10 Å². The number of hydrogen-bond donors (Lipinski definition) is 1. The van der Waals surface area contributed by atoms with E-state index in [2.05, 4.69) is 44.7 Å². The normalized spacial score (nSPS) is 11.1. The van der Waals surface area contributed by atoms with Gasteiger partial charge in [0.05, 0.1) is 12.2 Å². The van der Waals surface area contributed by atoms with E-state index in [1.54, 1.807) is 17.0 Å². The van der Waals surface area contributed by atoms with E-state index in [-0.39, 0.29) is 5.69 Å². The number of H-pyrrole nitrogens is 1. The minimum absolute atomic E-state index is 0.0193. The van der Waals surface area contributed by atoms with Crippen molar-refractivity contribution in [2.75, 3.05) is 0 Å². The number of aromatic nitrogens is 7. The molecule has 5 aromatic rings. The van der Waals surface area contributed by atoms with Gasteiger partial charge in [-0.1, -0.05) is 55.8 Å². The molecule has 0 saturated heterocycles. The number of nitrogens with one attached hydrogen (secondary N) is 1. The smallest absolute Gasteiger partial charge is 0.292 e. The lowest BCUT2D eigenvalue weighted by Gasteiger charge is -2.10. The summed E-state index contributed by atoms with van der Waals surface area (Å²) in [5.41, 5.74) is 6.88. The standard InChI is InChI=1S/C26H25N7O/c1-3-6-21-17-33(24-8-5-4-7-18(24)2)26(34)32(21)16-19-9-11-20(12-10-19)23-15-27-14-13-22(23)25-28-30-31-29-25/h4-5,7-15,17H,3,6,16H2,1-2H3,(H,28,29,30,31). The van der Waals surface area contributed by atoms with Crippen molar-refractivity contribution < 1.29 is 0 Å². The second-order valence-corrected chi connectivity index (χ2v) is 8.26. The number of aromatic amines is 1. The van der Waals surface area contributed by atoms with Crippen LogP contribution in [0.3, 0.4) is 0 Å². The Hall–Kier alpha value is -4.33. The van der Waals surface area contributed by atoms with Crippen LogP contribution < -0.4 is 5.69 Å². The van der Waals surface area contributed by atoms with E-state index in [9.17, 15) is 4.79 Å². The number of nitrogens with zero attached hydrogens (tertiary/aromatic N) is 6. The molecule has 0 spiro atoms. The zero-order chi connectivity index (χ0) is 23.5. The molecule has 0 atom stereocenters. The van der Waals surface area contributed by atoms with Crippen LogP contribution >= 0.6 is 0 Å². The molecular formula is C26H25N7O. The van der Waals surface area contributed by atoms with Gasteiger partial charge in [0.15, 0.2) is 5.82 Å². The van der Waals surface area contributed by atoms with Gasteiger partial charge in [0.2, 0.25) is 0 Å². The third kappa shape index (κ3) is 4.05. The molecular weight excluding hydrogens is 426 g/mol. The summed E-state index contributed by atoms with van der Waals surface area (Å²) in [6.45, 7) is 4.67. The summed E-state index contributed by atoms with van der Waals surface area (Å²) in [4.78, 5) is 17.7.